The lowest BCUT2D eigenvalue weighted by Crippen LogP contribution is -2.33. The van der Waals surface area contributed by atoms with Gasteiger partial charge in [0.2, 0.25) is 0 Å². The van der Waals surface area contributed by atoms with Gasteiger partial charge in [-0.1, -0.05) is 18.2 Å². The summed E-state index contributed by atoms with van der Waals surface area (Å²) in [5.41, 5.74) is 8.61. The van der Waals surface area contributed by atoms with Gasteiger partial charge in [-0.15, -0.1) is 0 Å². The summed E-state index contributed by atoms with van der Waals surface area (Å²) in [6.07, 6.45) is 4.24. The van der Waals surface area contributed by atoms with Crippen molar-refractivity contribution in [3.8, 4) is 5.75 Å². The van der Waals surface area contributed by atoms with Crippen LogP contribution in [0.5, 0.6) is 5.75 Å². The normalized spacial score (nSPS) is 18.9. The van der Waals surface area contributed by atoms with E-state index in [4.69, 9.17) is 10.5 Å². The van der Waals surface area contributed by atoms with Gasteiger partial charge < -0.3 is 15.6 Å². The third kappa shape index (κ3) is 2.60. The average Bonchev–Trinajstić information content (AvgIpc) is 2.49. The Morgan fingerprint density at radius 2 is 2.20 bits per heavy atom. The molecule has 2 heterocycles. The largest absolute Gasteiger partial charge is 0.493 e. The van der Waals surface area contributed by atoms with E-state index in [0.717, 1.165) is 23.3 Å². The van der Waals surface area contributed by atoms with E-state index in [0.29, 0.717) is 18.7 Å². The van der Waals surface area contributed by atoms with E-state index in [9.17, 15) is 5.11 Å². The number of hydrogen-bond acceptors (Lipinski definition) is 4. The lowest BCUT2D eigenvalue weighted by molar-refractivity contribution is 0.0653. The number of ether oxygens (including phenoxy) is 1. The number of aliphatic hydroxyl groups is 1. The van der Waals surface area contributed by atoms with Crippen LogP contribution < -0.4 is 10.5 Å². The van der Waals surface area contributed by atoms with Crippen molar-refractivity contribution in [1.29, 1.82) is 0 Å². The average molecular weight is 270 g/mol. The lowest BCUT2D eigenvalue weighted by Gasteiger charge is -2.29. The quantitative estimate of drug-likeness (QED) is 0.892. The number of fused-ring (bicyclic) bond motifs is 1. The topological polar surface area (TPSA) is 68.4 Å². The van der Waals surface area contributed by atoms with Crippen LogP contribution in [0.1, 0.15) is 11.1 Å². The lowest BCUT2D eigenvalue weighted by atomic mass is 9.89. The highest BCUT2D eigenvalue weighted by atomic mass is 16.5. The van der Waals surface area contributed by atoms with E-state index in [1.54, 1.807) is 18.5 Å². The Bertz CT molecular complexity index is 601. The maximum absolute atomic E-state index is 10.4. The van der Waals surface area contributed by atoms with Crippen molar-refractivity contribution in [1.82, 2.24) is 4.98 Å². The summed E-state index contributed by atoms with van der Waals surface area (Å²) in [4.78, 5) is 4.06. The minimum Gasteiger partial charge on any atom is -0.493 e. The number of anilines is 1. The fourth-order valence-electron chi connectivity index (χ4n) is 2.60. The molecule has 0 amide bonds. The van der Waals surface area contributed by atoms with Gasteiger partial charge in [0.1, 0.15) is 5.75 Å². The van der Waals surface area contributed by atoms with Crippen LogP contribution >= 0.6 is 0 Å². The highest BCUT2D eigenvalue weighted by Crippen LogP contribution is 2.29. The van der Waals surface area contributed by atoms with Crippen LogP contribution in [0.4, 0.5) is 5.69 Å². The molecule has 1 aliphatic heterocycles. The monoisotopic (exact) mass is 270 g/mol. The number of aliphatic hydroxyl groups excluding tert-OH is 1. The van der Waals surface area contributed by atoms with Crippen molar-refractivity contribution in [2.45, 2.75) is 18.9 Å². The zero-order chi connectivity index (χ0) is 13.9. The van der Waals surface area contributed by atoms with Gasteiger partial charge in [-0.25, -0.2) is 0 Å². The molecule has 2 aromatic rings. The summed E-state index contributed by atoms with van der Waals surface area (Å²) in [6, 6.07) is 9.74. The molecule has 0 spiro atoms. The molecule has 1 aliphatic rings. The van der Waals surface area contributed by atoms with Crippen molar-refractivity contribution in [2.24, 2.45) is 5.92 Å². The summed E-state index contributed by atoms with van der Waals surface area (Å²) in [7, 11) is 0. The van der Waals surface area contributed by atoms with E-state index >= 15 is 0 Å². The molecule has 4 nitrogen and oxygen atoms in total. The number of para-hydroxylation sites is 1. The van der Waals surface area contributed by atoms with Gasteiger partial charge in [-0.3, -0.25) is 4.98 Å². The fraction of sp³-hybridized carbons (Fsp3) is 0.312. The number of rotatable bonds is 3. The SMILES string of the molecule is Nc1ccncc1CC(O)C1COc2ccccc2C1. The maximum Gasteiger partial charge on any atom is 0.122 e. The van der Waals surface area contributed by atoms with Gasteiger partial charge in [-0.2, -0.15) is 0 Å². The molecule has 2 unspecified atom stereocenters. The zero-order valence-corrected chi connectivity index (χ0v) is 11.2. The van der Waals surface area contributed by atoms with E-state index < -0.39 is 6.10 Å². The second-order valence-corrected chi connectivity index (χ2v) is 5.23. The Hall–Kier alpha value is -2.07. The molecule has 20 heavy (non-hydrogen) atoms. The molecule has 1 aromatic heterocycles. The molecule has 0 aliphatic carbocycles. The number of benzene rings is 1. The molecule has 2 atom stereocenters. The second-order valence-electron chi connectivity index (χ2n) is 5.23. The Balaban J connectivity index is 1.70. The molecule has 0 saturated carbocycles. The number of nitrogens with two attached hydrogens (primary N) is 1. The highest BCUT2D eigenvalue weighted by molar-refractivity contribution is 5.44. The molecule has 3 rings (SSSR count). The van der Waals surface area contributed by atoms with Crippen molar-refractivity contribution in [3.63, 3.8) is 0 Å². The van der Waals surface area contributed by atoms with Gasteiger partial charge >= 0.3 is 0 Å². The fourth-order valence-corrected chi connectivity index (χ4v) is 2.60. The summed E-state index contributed by atoms with van der Waals surface area (Å²) in [5.74, 6) is 1.02. The number of aromatic nitrogens is 1. The molecule has 3 N–H and O–H groups in total. The van der Waals surface area contributed by atoms with Gasteiger partial charge in [0.15, 0.2) is 0 Å². The third-order valence-corrected chi connectivity index (χ3v) is 3.82. The van der Waals surface area contributed by atoms with Crippen LogP contribution in [0.3, 0.4) is 0 Å². The zero-order valence-electron chi connectivity index (χ0n) is 11.2. The van der Waals surface area contributed by atoms with Crippen molar-refractivity contribution >= 4 is 5.69 Å². The summed E-state index contributed by atoms with van der Waals surface area (Å²) in [5, 5.41) is 10.4. The first-order chi connectivity index (χ1) is 9.74. The van der Waals surface area contributed by atoms with Gasteiger partial charge in [0.25, 0.3) is 0 Å². The van der Waals surface area contributed by atoms with Crippen LogP contribution in [0.2, 0.25) is 0 Å². The predicted octanol–water partition coefficient (Wildman–Crippen LogP) is 1.82. The van der Waals surface area contributed by atoms with Crippen molar-refractivity contribution in [2.75, 3.05) is 12.3 Å². The Morgan fingerprint density at radius 3 is 3.05 bits per heavy atom. The Labute approximate surface area is 118 Å². The molecule has 0 radical (unpaired) electrons. The van der Waals surface area contributed by atoms with Gasteiger partial charge in [0, 0.05) is 30.4 Å². The standard InChI is InChI=1S/C16H18N2O2/c17-14-5-6-18-9-12(14)8-15(19)13-7-11-3-1-2-4-16(11)20-10-13/h1-6,9,13,15,19H,7-8,10H2,(H2,17,18). The van der Waals surface area contributed by atoms with Crippen LogP contribution in [0.15, 0.2) is 42.7 Å². The smallest absolute Gasteiger partial charge is 0.122 e. The number of pyridine rings is 1. The molecule has 0 fully saturated rings. The number of hydrogen-bond donors (Lipinski definition) is 2. The summed E-state index contributed by atoms with van der Waals surface area (Å²) >= 11 is 0. The van der Waals surface area contributed by atoms with Crippen molar-refractivity contribution < 1.29 is 9.84 Å². The highest BCUT2D eigenvalue weighted by Gasteiger charge is 2.26. The third-order valence-electron chi connectivity index (χ3n) is 3.82. The molecular weight excluding hydrogens is 252 g/mol. The molecule has 104 valence electrons. The van der Waals surface area contributed by atoms with E-state index in [1.807, 2.05) is 24.3 Å². The van der Waals surface area contributed by atoms with E-state index in [2.05, 4.69) is 4.98 Å². The van der Waals surface area contributed by atoms with Crippen LogP contribution in [0, 0.1) is 5.92 Å². The van der Waals surface area contributed by atoms with Crippen LogP contribution in [-0.4, -0.2) is 22.8 Å². The Kier molecular flexibility index (Phi) is 3.56. The van der Waals surface area contributed by atoms with Gasteiger partial charge in [0.05, 0.1) is 12.7 Å². The van der Waals surface area contributed by atoms with Gasteiger partial charge in [-0.05, 0) is 29.7 Å². The number of nitrogen functional groups attached to an aromatic ring is 1. The van der Waals surface area contributed by atoms with Crippen molar-refractivity contribution in [3.05, 3.63) is 53.9 Å². The maximum atomic E-state index is 10.4. The van der Waals surface area contributed by atoms with Crippen LogP contribution in [-0.2, 0) is 12.8 Å². The summed E-state index contributed by atoms with van der Waals surface area (Å²) < 4.78 is 5.72. The molecular formula is C16H18N2O2. The minimum absolute atomic E-state index is 0.0875. The molecule has 4 heteroatoms. The first-order valence-electron chi connectivity index (χ1n) is 6.81. The first kappa shape index (κ1) is 12.9. The van der Waals surface area contributed by atoms with E-state index in [1.165, 1.54) is 0 Å². The van der Waals surface area contributed by atoms with Crippen LogP contribution in [0.25, 0.3) is 0 Å². The predicted molar refractivity (Wildman–Crippen MR) is 77.5 cm³/mol. The first-order valence-corrected chi connectivity index (χ1v) is 6.81. The summed E-state index contributed by atoms with van der Waals surface area (Å²) in [6.45, 7) is 0.540. The minimum atomic E-state index is -0.477. The second kappa shape index (κ2) is 5.51. The molecule has 0 bridgehead atoms. The Morgan fingerprint density at radius 1 is 1.35 bits per heavy atom. The number of nitrogens with zero attached hydrogens (tertiary/aromatic N) is 1. The molecule has 1 aromatic carbocycles. The molecule has 0 saturated heterocycles. The van der Waals surface area contributed by atoms with E-state index in [-0.39, 0.29) is 5.92 Å².